The fourth-order valence-corrected chi connectivity index (χ4v) is 3.54. The Morgan fingerprint density at radius 1 is 1.10 bits per heavy atom. The minimum atomic E-state index is -0.681. The number of imide groups is 1. The first kappa shape index (κ1) is 13.9. The van der Waals surface area contributed by atoms with E-state index in [2.05, 4.69) is 6.58 Å². The van der Waals surface area contributed by atoms with Crippen LogP contribution in [-0.4, -0.2) is 28.9 Å². The number of hydrogen-bond acceptors (Lipinski definition) is 2. The summed E-state index contributed by atoms with van der Waals surface area (Å²) in [5.74, 6) is -0.0593. The van der Waals surface area contributed by atoms with Crippen molar-refractivity contribution in [1.29, 1.82) is 0 Å². The van der Waals surface area contributed by atoms with Crippen LogP contribution in [0.1, 0.15) is 32.1 Å². The Hall–Kier alpha value is -2.10. The predicted octanol–water partition coefficient (Wildman–Crippen LogP) is 3.34. The molecule has 1 heterocycles. The Kier molecular flexibility index (Phi) is 3.53. The zero-order valence-corrected chi connectivity index (χ0v) is 12.1. The fraction of sp³-hybridized carbons (Fsp3) is 0.412. The third kappa shape index (κ3) is 2.06. The maximum atomic E-state index is 12.9. The molecule has 3 amide bonds. The van der Waals surface area contributed by atoms with Gasteiger partial charge in [-0.1, -0.05) is 43.5 Å². The molecule has 0 atom stereocenters. The second kappa shape index (κ2) is 5.35. The number of hydrogen-bond donors (Lipinski definition) is 0. The van der Waals surface area contributed by atoms with Crippen molar-refractivity contribution < 1.29 is 9.59 Å². The molecule has 1 aromatic carbocycles. The van der Waals surface area contributed by atoms with Gasteiger partial charge < -0.3 is 0 Å². The van der Waals surface area contributed by atoms with Gasteiger partial charge in [-0.15, -0.1) is 6.58 Å². The Morgan fingerprint density at radius 2 is 1.76 bits per heavy atom. The van der Waals surface area contributed by atoms with E-state index in [-0.39, 0.29) is 18.5 Å². The number of rotatable bonds is 3. The molecular weight excluding hydrogens is 264 g/mol. The SMILES string of the molecule is C=CCN1C(=O)N(c2ccccc2)C2(CCCCC2)C1=O. The van der Waals surface area contributed by atoms with Crippen LogP contribution < -0.4 is 4.90 Å². The molecule has 4 heteroatoms. The molecule has 4 nitrogen and oxygen atoms in total. The molecule has 1 saturated carbocycles. The van der Waals surface area contributed by atoms with E-state index in [1.165, 1.54) is 4.90 Å². The highest BCUT2D eigenvalue weighted by atomic mass is 16.2. The molecule has 1 aliphatic heterocycles. The number of amides is 3. The summed E-state index contributed by atoms with van der Waals surface area (Å²) in [5, 5.41) is 0. The summed E-state index contributed by atoms with van der Waals surface area (Å²) in [4.78, 5) is 28.7. The molecule has 1 spiro atoms. The van der Waals surface area contributed by atoms with E-state index < -0.39 is 5.54 Å². The maximum Gasteiger partial charge on any atom is 0.332 e. The summed E-state index contributed by atoms with van der Waals surface area (Å²) in [7, 11) is 0. The number of nitrogens with zero attached hydrogens (tertiary/aromatic N) is 2. The highest BCUT2D eigenvalue weighted by Gasteiger charge is 2.57. The second-order valence-electron chi connectivity index (χ2n) is 5.75. The standard InChI is InChI=1S/C17H20N2O2/c1-2-13-18-15(20)17(11-7-4-8-12-17)19(16(18)21)14-9-5-3-6-10-14/h2-3,5-6,9-10H,1,4,7-8,11-13H2. The number of para-hydroxylation sites is 1. The molecule has 0 unspecified atom stereocenters. The fourth-order valence-electron chi connectivity index (χ4n) is 3.54. The molecule has 0 N–H and O–H groups in total. The van der Waals surface area contributed by atoms with Crippen LogP contribution in [0.5, 0.6) is 0 Å². The van der Waals surface area contributed by atoms with E-state index >= 15 is 0 Å². The van der Waals surface area contributed by atoms with Crippen LogP contribution >= 0.6 is 0 Å². The molecule has 1 saturated heterocycles. The zero-order chi connectivity index (χ0) is 14.9. The third-order valence-corrected chi connectivity index (χ3v) is 4.50. The molecule has 1 aromatic rings. The van der Waals surface area contributed by atoms with E-state index in [4.69, 9.17) is 0 Å². The van der Waals surface area contributed by atoms with Crippen LogP contribution in [0.4, 0.5) is 10.5 Å². The normalized spacial score (nSPS) is 21.1. The van der Waals surface area contributed by atoms with Crippen molar-refractivity contribution in [2.45, 2.75) is 37.6 Å². The molecule has 0 aromatic heterocycles. The lowest BCUT2D eigenvalue weighted by Gasteiger charge is -2.38. The summed E-state index contributed by atoms with van der Waals surface area (Å²) in [6.07, 6.45) is 6.23. The van der Waals surface area contributed by atoms with Crippen LogP contribution in [0, 0.1) is 0 Å². The molecule has 2 aliphatic rings. The lowest BCUT2D eigenvalue weighted by atomic mass is 9.80. The van der Waals surface area contributed by atoms with E-state index in [0.29, 0.717) is 0 Å². The smallest absolute Gasteiger partial charge is 0.279 e. The van der Waals surface area contributed by atoms with Crippen LogP contribution in [0.2, 0.25) is 0 Å². The number of carbonyl (C=O) groups excluding carboxylic acids is 2. The monoisotopic (exact) mass is 284 g/mol. The Morgan fingerprint density at radius 3 is 2.38 bits per heavy atom. The van der Waals surface area contributed by atoms with Gasteiger partial charge in [-0.05, 0) is 25.0 Å². The molecule has 3 rings (SSSR count). The van der Waals surface area contributed by atoms with Crippen molar-refractivity contribution in [2.24, 2.45) is 0 Å². The Labute approximate surface area is 125 Å². The molecule has 0 radical (unpaired) electrons. The van der Waals surface area contributed by atoms with Crippen molar-refractivity contribution in [3.05, 3.63) is 43.0 Å². The molecule has 21 heavy (non-hydrogen) atoms. The largest absolute Gasteiger partial charge is 0.332 e. The lowest BCUT2D eigenvalue weighted by molar-refractivity contribution is -0.131. The maximum absolute atomic E-state index is 12.9. The molecule has 0 bridgehead atoms. The van der Waals surface area contributed by atoms with Crippen molar-refractivity contribution in [2.75, 3.05) is 11.4 Å². The van der Waals surface area contributed by atoms with Crippen LogP contribution in [0.15, 0.2) is 43.0 Å². The average Bonchev–Trinajstić information content (AvgIpc) is 2.71. The Balaban J connectivity index is 2.07. The number of benzene rings is 1. The van der Waals surface area contributed by atoms with E-state index in [1.54, 1.807) is 11.0 Å². The third-order valence-electron chi connectivity index (χ3n) is 4.50. The van der Waals surface area contributed by atoms with Gasteiger partial charge in [-0.2, -0.15) is 0 Å². The van der Waals surface area contributed by atoms with Gasteiger partial charge in [0.05, 0.1) is 0 Å². The second-order valence-corrected chi connectivity index (χ2v) is 5.75. The van der Waals surface area contributed by atoms with Gasteiger partial charge in [0, 0.05) is 12.2 Å². The predicted molar refractivity (Wildman–Crippen MR) is 82.0 cm³/mol. The first-order valence-corrected chi connectivity index (χ1v) is 7.53. The van der Waals surface area contributed by atoms with Crippen LogP contribution in [0.25, 0.3) is 0 Å². The van der Waals surface area contributed by atoms with E-state index in [0.717, 1.165) is 37.8 Å². The van der Waals surface area contributed by atoms with Gasteiger partial charge in [-0.25, -0.2) is 4.79 Å². The van der Waals surface area contributed by atoms with Gasteiger partial charge >= 0.3 is 6.03 Å². The zero-order valence-electron chi connectivity index (χ0n) is 12.1. The van der Waals surface area contributed by atoms with Gasteiger partial charge in [0.25, 0.3) is 5.91 Å². The molecule has 2 fully saturated rings. The summed E-state index contributed by atoms with van der Waals surface area (Å²) in [6.45, 7) is 3.94. The average molecular weight is 284 g/mol. The first-order valence-electron chi connectivity index (χ1n) is 7.53. The highest BCUT2D eigenvalue weighted by Crippen LogP contribution is 2.42. The lowest BCUT2D eigenvalue weighted by Crippen LogP contribution is -2.51. The van der Waals surface area contributed by atoms with Crippen molar-refractivity contribution in [1.82, 2.24) is 4.90 Å². The van der Waals surface area contributed by atoms with E-state index in [9.17, 15) is 9.59 Å². The first-order chi connectivity index (χ1) is 10.2. The minimum absolute atomic E-state index is 0.0593. The van der Waals surface area contributed by atoms with Crippen LogP contribution in [-0.2, 0) is 4.79 Å². The Bertz CT molecular complexity index is 561. The number of urea groups is 1. The van der Waals surface area contributed by atoms with Crippen LogP contribution in [0.3, 0.4) is 0 Å². The van der Waals surface area contributed by atoms with Gasteiger partial charge in [0.2, 0.25) is 0 Å². The summed E-state index contributed by atoms with van der Waals surface area (Å²) in [6, 6.07) is 9.31. The van der Waals surface area contributed by atoms with E-state index in [1.807, 2.05) is 30.3 Å². The number of carbonyl (C=O) groups is 2. The highest BCUT2D eigenvalue weighted by molar-refractivity contribution is 6.17. The van der Waals surface area contributed by atoms with Crippen molar-refractivity contribution >= 4 is 17.6 Å². The molecule has 110 valence electrons. The quantitative estimate of drug-likeness (QED) is 0.631. The molecule has 1 aliphatic carbocycles. The summed E-state index contributed by atoms with van der Waals surface area (Å²) < 4.78 is 0. The van der Waals surface area contributed by atoms with Crippen molar-refractivity contribution in [3.63, 3.8) is 0 Å². The van der Waals surface area contributed by atoms with Gasteiger partial charge in [0.1, 0.15) is 5.54 Å². The topological polar surface area (TPSA) is 40.6 Å². The van der Waals surface area contributed by atoms with Crippen molar-refractivity contribution in [3.8, 4) is 0 Å². The summed E-state index contributed by atoms with van der Waals surface area (Å²) in [5.41, 5.74) is 0.129. The van der Waals surface area contributed by atoms with Gasteiger partial charge in [-0.3, -0.25) is 14.6 Å². The molecular formula is C17H20N2O2. The van der Waals surface area contributed by atoms with Gasteiger partial charge in [0.15, 0.2) is 0 Å². The summed E-state index contributed by atoms with van der Waals surface area (Å²) >= 11 is 0. The number of anilines is 1. The minimum Gasteiger partial charge on any atom is -0.279 e.